The van der Waals surface area contributed by atoms with Crippen molar-refractivity contribution in [2.24, 2.45) is 5.73 Å². The summed E-state index contributed by atoms with van der Waals surface area (Å²) in [6, 6.07) is 0. The summed E-state index contributed by atoms with van der Waals surface area (Å²) < 4.78 is 5.77. The lowest BCUT2D eigenvalue weighted by Gasteiger charge is -2.26. The predicted molar refractivity (Wildman–Crippen MR) is 52.5 cm³/mol. The normalized spacial score (nSPS) is 31.6. The quantitative estimate of drug-likeness (QED) is 0.694. The van der Waals surface area contributed by atoms with E-state index in [-0.39, 0.29) is 11.7 Å². The Balaban J connectivity index is 2.40. The Kier molecular flexibility index (Phi) is 3.00. The van der Waals surface area contributed by atoms with Crippen molar-refractivity contribution in [1.82, 2.24) is 0 Å². The molecule has 3 nitrogen and oxygen atoms in total. The van der Waals surface area contributed by atoms with Crippen LogP contribution in [0.15, 0.2) is 0 Å². The number of aliphatic hydroxyl groups is 1. The monoisotopic (exact) mass is 187 g/mol. The standard InChI is InChI=1S/C10H21NO2/c1-9(2)5-4-8(13-9)6-10(3,12)7-11/h8,12H,4-7,11H2,1-3H3. The van der Waals surface area contributed by atoms with Gasteiger partial charge in [-0.3, -0.25) is 0 Å². The molecule has 1 aliphatic rings. The number of nitrogens with two attached hydrogens (primary N) is 1. The van der Waals surface area contributed by atoms with Crippen molar-refractivity contribution in [3.8, 4) is 0 Å². The molecular weight excluding hydrogens is 166 g/mol. The average Bonchev–Trinajstić information content (AvgIpc) is 2.29. The van der Waals surface area contributed by atoms with Crippen LogP contribution < -0.4 is 5.73 Å². The summed E-state index contributed by atoms with van der Waals surface area (Å²) in [5.41, 5.74) is 4.66. The lowest BCUT2D eigenvalue weighted by molar-refractivity contribution is -0.0553. The minimum Gasteiger partial charge on any atom is -0.389 e. The zero-order valence-corrected chi connectivity index (χ0v) is 8.84. The fourth-order valence-electron chi connectivity index (χ4n) is 1.80. The summed E-state index contributed by atoms with van der Waals surface area (Å²) >= 11 is 0. The summed E-state index contributed by atoms with van der Waals surface area (Å²) in [6.07, 6.45) is 2.92. The van der Waals surface area contributed by atoms with Gasteiger partial charge in [-0.2, -0.15) is 0 Å². The van der Waals surface area contributed by atoms with E-state index in [4.69, 9.17) is 10.5 Å². The van der Waals surface area contributed by atoms with Crippen LogP contribution in [0.1, 0.15) is 40.0 Å². The zero-order chi connectivity index (χ0) is 10.1. The lowest BCUT2D eigenvalue weighted by atomic mass is 9.96. The van der Waals surface area contributed by atoms with Gasteiger partial charge < -0.3 is 15.6 Å². The zero-order valence-electron chi connectivity index (χ0n) is 8.84. The van der Waals surface area contributed by atoms with Crippen molar-refractivity contribution >= 4 is 0 Å². The Morgan fingerprint density at radius 2 is 2.23 bits per heavy atom. The van der Waals surface area contributed by atoms with Crippen LogP contribution in [0, 0.1) is 0 Å². The molecule has 0 aromatic heterocycles. The van der Waals surface area contributed by atoms with E-state index in [1.807, 2.05) is 0 Å². The molecule has 3 N–H and O–H groups in total. The molecule has 2 unspecified atom stereocenters. The molecule has 1 heterocycles. The second-order valence-electron chi connectivity index (χ2n) is 4.94. The molecule has 0 saturated carbocycles. The summed E-state index contributed by atoms with van der Waals surface area (Å²) in [6.45, 7) is 6.24. The van der Waals surface area contributed by atoms with Crippen molar-refractivity contribution in [3.05, 3.63) is 0 Å². The lowest BCUT2D eigenvalue weighted by Crippen LogP contribution is -2.38. The van der Waals surface area contributed by atoms with Gasteiger partial charge in [-0.25, -0.2) is 0 Å². The van der Waals surface area contributed by atoms with E-state index in [0.717, 1.165) is 12.8 Å². The Morgan fingerprint density at radius 1 is 1.62 bits per heavy atom. The van der Waals surface area contributed by atoms with E-state index in [9.17, 15) is 5.11 Å². The third-order valence-corrected chi connectivity index (χ3v) is 2.66. The van der Waals surface area contributed by atoms with E-state index < -0.39 is 5.60 Å². The summed E-state index contributed by atoms with van der Waals surface area (Å²) in [5.74, 6) is 0. The topological polar surface area (TPSA) is 55.5 Å². The molecule has 0 aromatic rings. The van der Waals surface area contributed by atoms with Crippen LogP contribution in [0.25, 0.3) is 0 Å². The average molecular weight is 187 g/mol. The van der Waals surface area contributed by atoms with Crippen LogP contribution in [0.3, 0.4) is 0 Å². The SMILES string of the molecule is CC(O)(CN)CC1CCC(C)(C)O1. The van der Waals surface area contributed by atoms with Gasteiger partial charge in [0.1, 0.15) is 0 Å². The van der Waals surface area contributed by atoms with Gasteiger partial charge in [0.05, 0.1) is 17.3 Å². The highest BCUT2D eigenvalue weighted by molar-refractivity contribution is 4.86. The largest absolute Gasteiger partial charge is 0.389 e. The Morgan fingerprint density at radius 3 is 2.62 bits per heavy atom. The molecule has 2 atom stereocenters. The van der Waals surface area contributed by atoms with Crippen molar-refractivity contribution in [3.63, 3.8) is 0 Å². The van der Waals surface area contributed by atoms with Crippen LogP contribution in [0.5, 0.6) is 0 Å². The summed E-state index contributed by atoms with van der Waals surface area (Å²) in [5, 5.41) is 9.75. The van der Waals surface area contributed by atoms with E-state index in [0.29, 0.717) is 13.0 Å². The fourth-order valence-corrected chi connectivity index (χ4v) is 1.80. The second kappa shape index (κ2) is 3.56. The summed E-state index contributed by atoms with van der Waals surface area (Å²) in [4.78, 5) is 0. The number of ether oxygens (including phenoxy) is 1. The van der Waals surface area contributed by atoms with Gasteiger partial charge in [0.15, 0.2) is 0 Å². The molecule has 3 heteroatoms. The first-order chi connectivity index (χ1) is 5.85. The molecule has 0 aromatic carbocycles. The number of hydrogen-bond donors (Lipinski definition) is 2. The van der Waals surface area contributed by atoms with Gasteiger partial charge >= 0.3 is 0 Å². The molecule has 0 spiro atoms. The highest BCUT2D eigenvalue weighted by Gasteiger charge is 2.35. The van der Waals surface area contributed by atoms with Gasteiger partial charge in [0.25, 0.3) is 0 Å². The van der Waals surface area contributed by atoms with Gasteiger partial charge in [0.2, 0.25) is 0 Å². The van der Waals surface area contributed by atoms with E-state index in [1.165, 1.54) is 0 Å². The Labute approximate surface area is 80.3 Å². The molecule has 0 radical (unpaired) electrons. The van der Waals surface area contributed by atoms with Crippen molar-refractivity contribution < 1.29 is 9.84 Å². The third-order valence-electron chi connectivity index (χ3n) is 2.66. The maximum absolute atomic E-state index is 9.75. The molecular formula is C10H21NO2. The summed E-state index contributed by atoms with van der Waals surface area (Å²) in [7, 11) is 0. The molecule has 1 aliphatic heterocycles. The first-order valence-electron chi connectivity index (χ1n) is 4.95. The number of hydrogen-bond acceptors (Lipinski definition) is 3. The van der Waals surface area contributed by atoms with Gasteiger partial charge in [-0.1, -0.05) is 0 Å². The van der Waals surface area contributed by atoms with E-state index >= 15 is 0 Å². The smallest absolute Gasteiger partial charge is 0.0766 e. The molecule has 0 bridgehead atoms. The van der Waals surface area contributed by atoms with Crippen LogP contribution in [-0.4, -0.2) is 29.0 Å². The van der Waals surface area contributed by atoms with Crippen LogP contribution in [-0.2, 0) is 4.74 Å². The Bertz CT molecular complexity index is 178. The molecule has 1 rings (SSSR count). The molecule has 1 fully saturated rings. The highest BCUT2D eigenvalue weighted by atomic mass is 16.5. The van der Waals surface area contributed by atoms with Crippen molar-refractivity contribution in [2.45, 2.75) is 57.3 Å². The minimum atomic E-state index is -0.773. The van der Waals surface area contributed by atoms with E-state index in [1.54, 1.807) is 6.92 Å². The molecule has 0 aliphatic carbocycles. The first-order valence-corrected chi connectivity index (χ1v) is 4.95. The predicted octanol–water partition coefficient (Wildman–Crippen LogP) is 1.04. The van der Waals surface area contributed by atoms with Crippen molar-refractivity contribution in [1.29, 1.82) is 0 Å². The molecule has 1 saturated heterocycles. The first kappa shape index (κ1) is 11.0. The second-order valence-corrected chi connectivity index (χ2v) is 4.94. The van der Waals surface area contributed by atoms with Crippen molar-refractivity contribution in [2.75, 3.05) is 6.54 Å². The minimum absolute atomic E-state index is 0.0185. The van der Waals surface area contributed by atoms with Crippen LogP contribution in [0.2, 0.25) is 0 Å². The van der Waals surface area contributed by atoms with Crippen LogP contribution >= 0.6 is 0 Å². The maximum Gasteiger partial charge on any atom is 0.0766 e. The Hall–Kier alpha value is -0.120. The van der Waals surface area contributed by atoms with Gasteiger partial charge in [-0.05, 0) is 33.6 Å². The van der Waals surface area contributed by atoms with Gasteiger partial charge in [0, 0.05) is 13.0 Å². The molecule has 0 amide bonds. The molecule has 78 valence electrons. The number of rotatable bonds is 3. The third kappa shape index (κ3) is 3.25. The van der Waals surface area contributed by atoms with Crippen LogP contribution in [0.4, 0.5) is 0 Å². The maximum atomic E-state index is 9.75. The van der Waals surface area contributed by atoms with E-state index in [2.05, 4.69) is 13.8 Å². The fraction of sp³-hybridized carbons (Fsp3) is 1.00. The highest BCUT2D eigenvalue weighted by Crippen LogP contribution is 2.33. The van der Waals surface area contributed by atoms with Gasteiger partial charge in [-0.15, -0.1) is 0 Å². The molecule has 13 heavy (non-hydrogen) atoms.